The van der Waals surface area contributed by atoms with Crippen LogP contribution in [-0.2, 0) is 21.4 Å². The van der Waals surface area contributed by atoms with Crippen LogP contribution in [0.3, 0.4) is 0 Å². The van der Waals surface area contributed by atoms with Gasteiger partial charge in [0.1, 0.15) is 6.04 Å². The molecule has 13 nitrogen and oxygen atoms in total. The summed E-state index contributed by atoms with van der Waals surface area (Å²) in [5, 5.41) is 15.7. The number of likely N-dealkylation sites (tertiary alicyclic amines) is 2. The van der Waals surface area contributed by atoms with Crippen LogP contribution in [0.25, 0.3) is 21.1 Å². The van der Waals surface area contributed by atoms with E-state index in [4.69, 9.17) is 0 Å². The second kappa shape index (κ2) is 19.4. The van der Waals surface area contributed by atoms with E-state index in [9.17, 15) is 24.0 Å². The molecule has 9 rings (SSSR count). The van der Waals surface area contributed by atoms with E-state index in [1.54, 1.807) is 23.0 Å². The molecule has 340 valence electrons. The second-order valence-corrected chi connectivity index (χ2v) is 19.4. The molecular formula is C51H60N8O5S. The molecule has 6 heterocycles. The molecule has 0 radical (unpaired) electrons. The van der Waals surface area contributed by atoms with Gasteiger partial charge in [0.05, 0.1) is 23.1 Å². The van der Waals surface area contributed by atoms with Crippen LogP contribution in [0.15, 0.2) is 64.8 Å². The third-order valence-corrected chi connectivity index (χ3v) is 15.1. The number of benzene rings is 3. The summed E-state index contributed by atoms with van der Waals surface area (Å²) in [5.74, 6) is 7.18. The van der Waals surface area contributed by atoms with Crippen LogP contribution in [-0.4, -0.2) is 94.4 Å². The number of unbranched alkanes of at least 4 members (excludes halogenated alkanes) is 1. The van der Waals surface area contributed by atoms with Crippen molar-refractivity contribution < 1.29 is 19.2 Å². The molecule has 0 spiro atoms. The van der Waals surface area contributed by atoms with Gasteiger partial charge in [-0.1, -0.05) is 30.0 Å². The first-order valence-electron chi connectivity index (χ1n) is 23.5. The van der Waals surface area contributed by atoms with Gasteiger partial charge in [-0.3, -0.25) is 33.6 Å². The lowest BCUT2D eigenvalue weighted by Crippen LogP contribution is -2.51. The van der Waals surface area contributed by atoms with Gasteiger partial charge in [0.2, 0.25) is 17.7 Å². The van der Waals surface area contributed by atoms with Gasteiger partial charge in [-0.15, -0.1) is 11.3 Å². The summed E-state index contributed by atoms with van der Waals surface area (Å²) in [6.07, 6.45) is 6.78. The van der Waals surface area contributed by atoms with Crippen LogP contribution in [0, 0.1) is 24.7 Å². The number of hydrogen-bond donors (Lipinski definition) is 4. The first kappa shape index (κ1) is 44.5. The highest BCUT2D eigenvalue weighted by atomic mass is 32.1. The number of anilines is 1. The van der Waals surface area contributed by atoms with Crippen molar-refractivity contribution in [3.63, 3.8) is 0 Å². The quantitative estimate of drug-likeness (QED) is 0.0643. The highest BCUT2D eigenvalue weighted by Crippen LogP contribution is 2.34. The molecule has 4 aliphatic rings. The van der Waals surface area contributed by atoms with Crippen molar-refractivity contribution in [1.29, 1.82) is 0 Å². The summed E-state index contributed by atoms with van der Waals surface area (Å²) in [6.45, 7) is 10.4. The summed E-state index contributed by atoms with van der Waals surface area (Å²) in [7, 11) is 1.72. The monoisotopic (exact) mass is 896 g/mol. The second-order valence-electron chi connectivity index (χ2n) is 18.5. The van der Waals surface area contributed by atoms with Crippen molar-refractivity contribution in [2.24, 2.45) is 13.0 Å². The van der Waals surface area contributed by atoms with Crippen LogP contribution in [0.2, 0.25) is 0 Å². The Kier molecular flexibility index (Phi) is 13.3. The largest absolute Gasteiger partial charge is 0.380 e. The van der Waals surface area contributed by atoms with Gasteiger partial charge in [-0.05, 0) is 143 Å². The number of amides is 4. The summed E-state index contributed by atoms with van der Waals surface area (Å²) >= 11 is 1.70. The molecule has 4 saturated heterocycles. The number of aromatic nitrogens is 2. The number of imide groups is 1. The minimum Gasteiger partial charge on any atom is -0.380 e. The van der Waals surface area contributed by atoms with Crippen molar-refractivity contribution in [2.75, 3.05) is 51.1 Å². The number of rotatable bonds is 12. The molecule has 2 aromatic heterocycles. The maximum Gasteiger partial charge on any atom is 0.329 e. The lowest BCUT2D eigenvalue weighted by molar-refractivity contribution is -0.136. The molecule has 2 atom stereocenters. The van der Waals surface area contributed by atoms with Crippen molar-refractivity contribution in [3.8, 4) is 11.8 Å². The number of nitrogens with one attached hydrogen (secondary N) is 4. The Hall–Kier alpha value is -5.75. The minimum atomic E-state index is -0.701. The summed E-state index contributed by atoms with van der Waals surface area (Å²) in [4.78, 5) is 68.8. The smallest absolute Gasteiger partial charge is 0.329 e. The van der Waals surface area contributed by atoms with Gasteiger partial charge >= 0.3 is 5.69 Å². The third-order valence-electron chi connectivity index (χ3n) is 14.2. The van der Waals surface area contributed by atoms with E-state index in [-0.39, 0.29) is 41.8 Å². The molecule has 0 bridgehead atoms. The Morgan fingerprint density at radius 2 is 1.71 bits per heavy atom. The lowest BCUT2D eigenvalue weighted by Gasteiger charge is -2.32. The Labute approximate surface area is 384 Å². The van der Waals surface area contributed by atoms with E-state index < -0.39 is 11.9 Å². The summed E-state index contributed by atoms with van der Waals surface area (Å²) in [6, 6.07) is 17.9. The molecule has 4 fully saturated rings. The van der Waals surface area contributed by atoms with E-state index >= 15 is 0 Å². The molecule has 5 aromatic rings. The topological polar surface area (TPSA) is 150 Å². The Morgan fingerprint density at radius 3 is 2.46 bits per heavy atom. The van der Waals surface area contributed by atoms with Gasteiger partial charge in [0.25, 0.3) is 5.91 Å². The fraction of sp³-hybridized carbons (Fsp3) is 0.471. The van der Waals surface area contributed by atoms with Crippen LogP contribution < -0.4 is 27.0 Å². The zero-order valence-electron chi connectivity index (χ0n) is 37.7. The standard InChI is InChI=1S/C51H60N8O5S/c1-32-7-12-38(54-39-30-52-31-39)29-42(32)49(62)53-33(2)40-13-10-36(41-21-27-65-48(40)41)9-8-34-17-23-57(24-18-34)22-5-4-6-47(61)58-25-19-35(20-26-58)37-11-14-43-45(28-37)56(3)51(64)59(43)44-15-16-46(60)55-50(44)63/h7,10-14,21,27-29,33-35,39,44,52,54H,4-6,15-20,22-26,30-31H2,1-3H3,(H,53,62)(H,55,60,63)/t33-,44?/m1/s1. The summed E-state index contributed by atoms with van der Waals surface area (Å²) < 4.78 is 4.27. The number of aryl methyl sites for hydroxylation is 2. The zero-order chi connectivity index (χ0) is 45.2. The number of imidazole rings is 1. The normalized spacial score (nSPS) is 19.4. The molecule has 4 aliphatic heterocycles. The Balaban J connectivity index is 0.704. The number of nitrogens with zero attached hydrogens (tertiary/aromatic N) is 4. The fourth-order valence-corrected chi connectivity index (χ4v) is 11.1. The van der Waals surface area contributed by atoms with E-state index in [1.165, 1.54) is 4.57 Å². The van der Waals surface area contributed by atoms with Gasteiger partial charge in [0.15, 0.2) is 0 Å². The molecule has 1 unspecified atom stereocenters. The lowest BCUT2D eigenvalue weighted by atomic mass is 9.89. The molecule has 0 aliphatic carbocycles. The number of hydrogen-bond acceptors (Lipinski definition) is 9. The molecule has 3 aromatic carbocycles. The molecule has 65 heavy (non-hydrogen) atoms. The van der Waals surface area contributed by atoms with Gasteiger partial charge in [-0.25, -0.2) is 4.79 Å². The van der Waals surface area contributed by atoms with Crippen molar-refractivity contribution >= 4 is 61.8 Å². The molecule has 0 saturated carbocycles. The van der Waals surface area contributed by atoms with Gasteiger partial charge in [0, 0.05) is 78.9 Å². The van der Waals surface area contributed by atoms with Crippen molar-refractivity contribution in [1.82, 2.24) is 34.9 Å². The number of piperidine rings is 3. The number of carbonyl (C=O) groups is 4. The highest BCUT2D eigenvalue weighted by Gasteiger charge is 2.32. The van der Waals surface area contributed by atoms with Crippen molar-refractivity contribution in [2.45, 2.75) is 95.7 Å². The van der Waals surface area contributed by atoms with E-state index in [0.717, 1.165) is 128 Å². The number of thiophene rings is 1. The third kappa shape index (κ3) is 9.64. The molecule has 4 amide bonds. The number of fused-ring (bicyclic) bond motifs is 2. The van der Waals surface area contributed by atoms with Gasteiger partial charge < -0.3 is 25.8 Å². The number of carbonyl (C=O) groups excluding carboxylic acids is 4. The fourth-order valence-electron chi connectivity index (χ4n) is 10.0. The van der Waals surface area contributed by atoms with E-state index in [2.05, 4.69) is 74.6 Å². The SMILES string of the molecule is Cc1ccc(NC2CNC2)cc1C(=O)N[C@H](C)c1ccc(C#CC2CCN(CCCCC(=O)N3CCC(c4ccc5c(c4)n(C)c(=O)n5C4CCC(=O)NC4=O)CC3)CC2)c2ccsc12. The van der Waals surface area contributed by atoms with E-state index in [1.807, 2.05) is 42.2 Å². The van der Waals surface area contributed by atoms with Crippen molar-refractivity contribution in [3.05, 3.63) is 98.3 Å². The van der Waals surface area contributed by atoms with Crippen LogP contribution in [0.4, 0.5) is 5.69 Å². The predicted molar refractivity (Wildman–Crippen MR) is 256 cm³/mol. The van der Waals surface area contributed by atoms with Gasteiger partial charge in [-0.2, -0.15) is 0 Å². The van der Waals surface area contributed by atoms with Crippen LogP contribution >= 0.6 is 11.3 Å². The summed E-state index contributed by atoms with van der Waals surface area (Å²) in [5.41, 5.74) is 7.09. The molecule has 14 heteroatoms. The molecule has 4 N–H and O–H groups in total. The predicted octanol–water partition coefficient (Wildman–Crippen LogP) is 6.36. The first-order valence-corrected chi connectivity index (χ1v) is 24.3. The highest BCUT2D eigenvalue weighted by molar-refractivity contribution is 7.17. The maximum atomic E-state index is 13.5. The van der Waals surface area contributed by atoms with Crippen LogP contribution in [0.1, 0.15) is 115 Å². The first-order chi connectivity index (χ1) is 31.5. The minimum absolute atomic E-state index is 0.0706. The van der Waals surface area contributed by atoms with E-state index in [0.29, 0.717) is 35.9 Å². The zero-order valence-corrected chi connectivity index (χ0v) is 38.5. The average molecular weight is 897 g/mol. The average Bonchev–Trinajstić information content (AvgIpc) is 3.89. The maximum absolute atomic E-state index is 13.5. The Morgan fingerprint density at radius 1 is 0.908 bits per heavy atom. The Bertz CT molecular complexity index is 2740. The molecular weight excluding hydrogens is 837 g/mol. The van der Waals surface area contributed by atoms with Crippen LogP contribution in [0.5, 0.6) is 0 Å².